The number of aryl methyl sites for hydroxylation is 1. The van der Waals surface area contributed by atoms with Crippen molar-refractivity contribution in [1.29, 1.82) is 0 Å². The number of carbonyl (C=O) groups is 1. The van der Waals surface area contributed by atoms with E-state index in [1.807, 2.05) is 43.0 Å². The molecule has 1 amide bonds. The van der Waals surface area contributed by atoms with E-state index in [9.17, 15) is 4.79 Å². The largest absolute Gasteiger partial charge is 0.490 e. The molecule has 4 rings (SSSR count). The molecule has 0 radical (unpaired) electrons. The minimum atomic E-state index is 0.0194. The highest BCUT2D eigenvalue weighted by atomic mass is 35.5. The van der Waals surface area contributed by atoms with Gasteiger partial charge in [0.05, 0.1) is 30.7 Å². The molecule has 1 unspecified atom stereocenters. The van der Waals surface area contributed by atoms with E-state index in [-0.39, 0.29) is 12.0 Å². The first kappa shape index (κ1) is 18.9. The maximum atomic E-state index is 11.9. The molecular formula is C21H24ClN3O3. The second kappa shape index (κ2) is 7.87. The monoisotopic (exact) mass is 401 g/mol. The molecule has 0 spiro atoms. The number of amides is 1. The zero-order valence-corrected chi connectivity index (χ0v) is 16.9. The van der Waals surface area contributed by atoms with Crippen molar-refractivity contribution in [2.45, 2.75) is 32.8 Å². The van der Waals surface area contributed by atoms with Gasteiger partial charge in [0, 0.05) is 25.5 Å². The number of anilines is 2. The summed E-state index contributed by atoms with van der Waals surface area (Å²) in [5.74, 6) is 1.78. The lowest BCUT2D eigenvalue weighted by Gasteiger charge is -2.31. The van der Waals surface area contributed by atoms with Crippen LogP contribution in [0, 0.1) is 6.92 Å². The molecule has 3 heterocycles. The Morgan fingerprint density at radius 1 is 1.36 bits per heavy atom. The number of fused-ring (bicyclic) bond motifs is 1. The number of hydrogen-bond donors (Lipinski definition) is 0. The van der Waals surface area contributed by atoms with Gasteiger partial charge < -0.3 is 19.3 Å². The van der Waals surface area contributed by atoms with Crippen LogP contribution in [0.3, 0.4) is 0 Å². The number of halogens is 1. The Hall–Kier alpha value is -2.47. The van der Waals surface area contributed by atoms with Crippen LogP contribution in [0.15, 0.2) is 30.5 Å². The summed E-state index contributed by atoms with van der Waals surface area (Å²) >= 11 is 6.08. The lowest BCUT2D eigenvalue weighted by molar-refractivity contribution is -0.130. The van der Waals surface area contributed by atoms with Crippen LogP contribution in [0.2, 0.25) is 5.15 Å². The van der Waals surface area contributed by atoms with Crippen molar-refractivity contribution in [3.63, 3.8) is 0 Å². The second-order valence-electron chi connectivity index (χ2n) is 7.15. The standard InChI is InChI=1S/C21H24ClN3O3/c1-3-20(26)24-7-6-17(13-24)28-16-4-5-19-18(11-16)25(8-9-27-19)15-10-14(2)21(22)23-12-15/h4-5,10-12,17H,3,6-9,13H2,1-2H3. The number of likely N-dealkylation sites (tertiary alicyclic amines) is 1. The molecule has 1 saturated heterocycles. The zero-order chi connectivity index (χ0) is 19.7. The van der Waals surface area contributed by atoms with E-state index in [0.717, 1.165) is 47.9 Å². The molecule has 0 saturated carbocycles. The number of carbonyl (C=O) groups excluding carboxylic acids is 1. The van der Waals surface area contributed by atoms with Crippen LogP contribution in [0.4, 0.5) is 11.4 Å². The summed E-state index contributed by atoms with van der Waals surface area (Å²) in [4.78, 5) is 20.2. The Morgan fingerprint density at radius 3 is 3.00 bits per heavy atom. The highest BCUT2D eigenvalue weighted by Crippen LogP contribution is 2.39. The van der Waals surface area contributed by atoms with Gasteiger partial charge in [-0.15, -0.1) is 0 Å². The number of rotatable bonds is 4. The minimum absolute atomic E-state index is 0.0194. The van der Waals surface area contributed by atoms with E-state index in [1.165, 1.54) is 0 Å². The number of pyridine rings is 1. The third kappa shape index (κ3) is 3.74. The van der Waals surface area contributed by atoms with Crippen LogP contribution < -0.4 is 14.4 Å². The Balaban J connectivity index is 1.55. The number of hydrogen-bond acceptors (Lipinski definition) is 5. The van der Waals surface area contributed by atoms with Gasteiger partial charge in [0.25, 0.3) is 0 Å². The molecule has 0 aliphatic carbocycles. The topological polar surface area (TPSA) is 54.9 Å². The predicted octanol–water partition coefficient (Wildman–Crippen LogP) is 3.96. The van der Waals surface area contributed by atoms with Gasteiger partial charge >= 0.3 is 0 Å². The van der Waals surface area contributed by atoms with E-state index >= 15 is 0 Å². The molecule has 2 aromatic rings. The number of aromatic nitrogens is 1. The van der Waals surface area contributed by atoms with Crippen LogP contribution >= 0.6 is 11.6 Å². The van der Waals surface area contributed by atoms with E-state index in [2.05, 4.69) is 9.88 Å². The molecule has 28 heavy (non-hydrogen) atoms. The number of nitrogens with zero attached hydrogens (tertiary/aromatic N) is 3. The molecule has 1 aromatic carbocycles. The quantitative estimate of drug-likeness (QED) is 0.726. The van der Waals surface area contributed by atoms with Crippen LogP contribution in [-0.4, -0.2) is 48.1 Å². The number of ether oxygens (including phenoxy) is 2. The Bertz CT molecular complexity index is 889. The average molecular weight is 402 g/mol. The normalized spacial score (nSPS) is 18.6. The maximum absolute atomic E-state index is 11.9. The molecule has 7 heteroatoms. The third-order valence-corrected chi connectivity index (χ3v) is 5.60. The van der Waals surface area contributed by atoms with Crippen LogP contribution in [0.5, 0.6) is 11.5 Å². The molecule has 0 N–H and O–H groups in total. The number of benzene rings is 1. The Morgan fingerprint density at radius 2 is 2.21 bits per heavy atom. The molecule has 0 bridgehead atoms. The lowest BCUT2D eigenvalue weighted by Crippen LogP contribution is -2.30. The molecule has 2 aliphatic heterocycles. The van der Waals surface area contributed by atoms with E-state index < -0.39 is 0 Å². The van der Waals surface area contributed by atoms with Crippen molar-refractivity contribution >= 4 is 28.9 Å². The van der Waals surface area contributed by atoms with Gasteiger partial charge in [-0.05, 0) is 30.7 Å². The summed E-state index contributed by atoms with van der Waals surface area (Å²) in [5, 5.41) is 0.515. The van der Waals surface area contributed by atoms with Crippen molar-refractivity contribution in [1.82, 2.24) is 9.88 Å². The highest BCUT2D eigenvalue weighted by Gasteiger charge is 2.27. The van der Waals surface area contributed by atoms with E-state index in [0.29, 0.717) is 24.7 Å². The maximum Gasteiger partial charge on any atom is 0.222 e. The first-order valence-corrected chi connectivity index (χ1v) is 10.0. The van der Waals surface area contributed by atoms with E-state index in [1.54, 1.807) is 6.20 Å². The van der Waals surface area contributed by atoms with Crippen molar-refractivity contribution in [2.24, 2.45) is 0 Å². The molecular weight excluding hydrogens is 378 g/mol. The first-order chi connectivity index (χ1) is 13.5. The van der Waals surface area contributed by atoms with Crippen molar-refractivity contribution in [3.05, 3.63) is 41.2 Å². The molecule has 1 aromatic heterocycles. The smallest absolute Gasteiger partial charge is 0.222 e. The van der Waals surface area contributed by atoms with Gasteiger partial charge in [-0.3, -0.25) is 4.79 Å². The van der Waals surface area contributed by atoms with Gasteiger partial charge in [-0.2, -0.15) is 0 Å². The fraction of sp³-hybridized carbons (Fsp3) is 0.429. The van der Waals surface area contributed by atoms with Gasteiger partial charge in [0.15, 0.2) is 0 Å². The Labute approximate surface area is 170 Å². The Kier molecular flexibility index (Phi) is 5.31. The van der Waals surface area contributed by atoms with Gasteiger partial charge in [0.1, 0.15) is 29.4 Å². The van der Waals surface area contributed by atoms with Crippen LogP contribution in [-0.2, 0) is 4.79 Å². The summed E-state index contributed by atoms with van der Waals surface area (Å²) in [6, 6.07) is 7.90. The lowest BCUT2D eigenvalue weighted by atomic mass is 10.2. The van der Waals surface area contributed by atoms with E-state index in [4.69, 9.17) is 21.1 Å². The SMILES string of the molecule is CCC(=O)N1CCC(Oc2ccc3c(c2)N(c2cnc(Cl)c(C)c2)CCO3)C1. The van der Waals surface area contributed by atoms with Gasteiger partial charge in [-0.1, -0.05) is 18.5 Å². The zero-order valence-electron chi connectivity index (χ0n) is 16.2. The molecule has 1 atom stereocenters. The molecule has 1 fully saturated rings. The average Bonchev–Trinajstić information content (AvgIpc) is 3.17. The van der Waals surface area contributed by atoms with Gasteiger partial charge in [-0.25, -0.2) is 4.98 Å². The fourth-order valence-electron chi connectivity index (χ4n) is 3.70. The first-order valence-electron chi connectivity index (χ1n) is 9.66. The molecule has 2 aliphatic rings. The molecule has 6 nitrogen and oxygen atoms in total. The fourth-order valence-corrected chi connectivity index (χ4v) is 3.80. The second-order valence-corrected chi connectivity index (χ2v) is 7.51. The minimum Gasteiger partial charge on any atom is -0.490 e. The predicted molar refractivity (Wildman–Crippen MR) is 109 cm³/mol. The van der Waals surface area contributed by atoms with Crippen LogP contribution in [0.25, 0.3) is 0 Å². The highest BCUT2D eigenvalue weighted by molar-refractivity contribution is 6.30. The summed E-state index contributed by atoms with van der Waals surface area (Å²) < 4.78 is 12.0. The van der Waals surface area contributed by atoms with Crippen molar-refractivity contribution in [3.8, 4) is 11.5 Å². The van der Waals surface area contributed by atoms with Crippen LogP contribution in [0.1, 0.15) is 25.3 Å². The third-order valence-electron chi connectivity index (χ3n) is 5.21. The summed E-state index contributed by atoms with van der Waals surface area (Å²) in [6.45, 7) is 6.57. The molecule has 148 valence electrons. The summed E-state index contributed by atoms with van der Waals surface area (Å²) in [5.41, 5.74) is 2.86. The van der Waals surface area contributed by atoms with Gasteiger partial charge in [0.2, 0.25) is 5.91 Å². The van der Waals surface area contributed by atoms with Crippen molar-refractivity contribution < 1.29 is 14.3 Å². The summed E-state index contributed by atoms with van der Waals surface area (Å²) in [7, 11) is 0. The summed E-state index contributed by atoms with van der Waals surface area (Å²) in [6.07, 6.45) is 3.18. The van der Waals surface area contributed by atoms with Crippen molar-refractivity contribution in [2.75, 3.05) is 31.1 Å².